The third-order valence-electron chi connectivity index (χ3n) is 4.25. The van der Waals surface area contributed by atoms with E-state index < -0.39 is 0 Å². The lowest BCUT2D eigenvalue weighted by Gasteiger charge is -2.22. The molecule has 1 atom stereocenters. The lowest BCUT2D eigenvalue weighted by atomic mass is 9.87. The van der Waals surface area contributed by atoms with E-state index in [-0.39, 0.29) is 6.10 Å². The summed E-state index contributed by atoms with van der Waals surface area (Å²) in [6, 6.07) is 17.4. The first kappa shape index (κ1) is 11.0. The number of aliphatic hydroxyl groups excluding tert-OH is 1. The largest absolute Gasteiger partial charge is 0.388 e. The summed E-state index contributed by atoms with van der Waals surface area (Å²) in [6.45, 7) is 0. The topological polar surface area (TPSA) is 20.2 Å². The van der Waals surface area contributed by atoms with Gasteiger partial charge in [0.15, 0.2) is 0 Å². The fourth-order valence-corrected chi connectivity index (χ4v) is 3.22. The molecule has 4 rings (SSSR count). The van der Waals surface area contributed by atoms with Gasteiger partial charge in [0.05, 0.1) is 6.10 Å². The average Bonchev–Trinajstić information content (AvgIpc) is 2.44. The minimum Gasteiger partial charge on any atom is -0.388 e. The SMILES string of the molecule is OC1CCCc2cc3cc4ccccc4cc3cc21. The van der Waals surface area contributed by atoms with E-state index in [4.69, 9.17) is 0 Å². The normalized spacial score (nSPS) is 18.7. The molecule has 0 bridgehead atoms. The van der Waals surface area contributed by atoms with Crippen LogP contribution in [0.5, 0.6) is 0 Å². The van der Waals surface area contributed by atoms with Crippen LogP contribution in [0.15, 0.2) is 48.5 Å². The average molecular weight is 248 g/mol. The standard InChI is InChI=1S/C18H16O/c19-18-7-3-6-14-10-15-8-12-4-1-2-5-13(12)9-16(15)11-17(14)18/h1-2,4-5,8-11,18-19H,3,6-7H2. The molecule has 0 saturated heterocycles. The third-order valence-corrected chi connectivity index (χ3v) is 4.25. The van der Waals surface area contributed by atoms with Crippen LogP contribution in [0.2, 0.25) is 0 Å². The molecule has 19 heavy (non-hydrogen) atoms. The maximum absolute atomic E-state index is 10.1. The van der Waals surface area contributed by atoms with Gasteiger partial charge in [-0.1, -0.05) is 30.3 Å². The summed E-state index contributed by atoms with van der Waals surface area (Å²) in [4.78, 5) is 0. The van der Waals surface area contributed by atoms with Crippen molar-refractivity contribution in [3.8, 4) is 0 Å². The van der Waals surface area contributed by atoms with E-state index in [0.29, 0.717) is 0 Å². The number of aliphatic hydroxyl groups is 1. The van der Waals surface area contributed by atoms with Gasteiger partial charge in [-0.25, -0.2) is 0 Å². The van der Waals surface area contributed by atoms with E-state index in [1.807, 2.05) is 0 Å². The molecule has 1 aliphatic rings. The highest BCUT2D eigenvalue weighted by Crippen LogP contribution is 2.34. The predicted octanol–water partition coefficient (Wildman–Crippen LogP) is 4.36. The Morgan fingerprint density at radius 2 is 1.53 bits per heavy atom. The predicted molar refractivity (Wildman–Crippen MR) is 79.4 cm³/mol. The summed E-state index contributed by atoms with van der Waals surface area (Å²) in [5, 5.41) is 15.2. The van der Waals surface area contributed by atoms with Crippen LogP contribution in [0, 0.1) is 0 Å². The minimum atomic E-state index is -0.278. The van der Waals surface area contributed by atoms with E-state index in [1.54, 1.807) is 0 Å². The van der Waals surface area contributed by atoms with Gasteiger partial charge < -0.3 is 5.11 Å². The maximum atomic E-state index is 10.1. The number of aryl methyl sites for hydroxylation is 1. The first-order valence-electron chi connectivity index (χ1n) is 6.95. The first-order chi connectivity index (χ1) is 9.31. The molecule has 1 nitrogen and oxygen atoms in total. The molecule has 0 aromatic heterocycles. The van der Waals surface area contributed by atoms with Gasteiger partial charge in [-0.15, -0.1) is 0 Å². The summed E-state index contributed by atoms with van der Waals surface area (Å²) in [7, 11) is 0. The van der Waals surface area contributed by atoms with Crippen molar-refractivity contribution in [1.29, 1.82) is 0 Å². The molecule has 0 spiro atoms. The Morgan fingerprint density at radius 3 is 2.26 bits per heavy atom. The van der Waals surface area contributed by atoms with Gasteiger partial charge >= 0.3 is 0 Å². The zero-order valence-electron chi connectivity index (χ0n) is 10.8. The van der Waals surface area contributed by atoms with E-state index >= 15 is 0 Å². The van der Waals surface area contributed by atoms with Crippen molar-refractivity contribution in [3.63, 3.8) is 0 Å². The van der Waals surface area contributed by atoms with E-state index in [2.05, 4.69) is 48.5 Å². The zero-order chi connectivity index (χ0) is 12.8. The second-order valence-corrected chi connectivity index (χ2v) is 5.51. The van der Waals surface area contributed by atoms with E-state index in [9.17, 15) is 5.11 Å². The highest BCUT2D eigenvalue weighted by atomic mass is 16.3. The van der Waals surface area contributed by atoms with Gasteiger partial charge in [-0.05, 0) is 70.1 Å². The lowest BCUT2D eigenvalue weighted by molar-refractivity contribution is 0.157. The van der Waals surface area contributed by atoms with E-state index in [0.717, 1.165) is 24.8 Å². The molecule has 0 aliphatic heterocycles. The Morgan fingerprint density at radius 1 is 0.842 bits per heavy atom. The van der Waals surface area contributed by atoms with Gasteiger partial charge in [-0.2, -0.15) is 0 Å². The molecule has 3 aromatic carbocycles. The second-order valence-electron chi connectivity index (χ2n) is 5.51. The van der Waals surface area contributed by atoms with Gasteiger partial charge in [-0.3, -0.25) is 0 Å². The molecule has 94 valence electrons. The van der Waals surface area contributed by atoms with Gasteiger partial charge in [0, 0.05) is 0 Å². The van der Waals surface area contributed by atoms with Crippen molar-refractivity contribution in [2.24, 2.45) is 0 Å². The van der Waals surface area contributed by atoms with Crippen LogP contribution in [0.3, 0.4) is 0 Å². The Balaban J connectivity index is 2.04. The van der Waals surface area contributed by atoms with Crippen LogP contribution in [0.1, 0.15) is 30.1 Å². The molecule has 1 heteroatoms. The summed E-state index contributed by atoms with van der Waals surface area (Å²) in [5.74, 6) is 0. The van der Waals surface area contributed by atoms with Crippen LogP contribution in [0.4, 0.5) is 0 Å². The van der Waals surface area contributed by atoms with Crippen molar-refractivity contribution < 1.29 is 5.11 Å². The van der Waals surface area contributed by atoms with Gasteiger partial charge in [0.2, 0.25) is 0 Å². The summed E-state index contributed by atoms with van der Waals surface area (Å²) in [6.07, 6.45) is 2.80. The number of hydrogen-bond donors (Lipinski definition) is 1. The second kappa shape index (κ2) is 4.07. The third kappa shape index (κ3) is 1.73. The molecule has 0 amide bonds. The summed E-state index contributed by atoms with van der Waals surface area (Å²) >= 11 is 0. The number of fused-ring (bicyclic) bond motifs is 3. The lowest BCUT2D eigenvalue weighted by Crippen LogP contribution is -2.08. The molecule has 1 aliphatic carbocycles. The first-order valence-corrected chi connectivity index (χ1v) is 6.95. The monoisotopic (exact) mass is 248 g/mol. The minimum absolute atomic E-state index is 0.278. The fraction of sp³-hybridized carbons (Fsp3) is 0.222. The van der Waals surface area contributed by atoms with Crippen molar-refractivity contribution >= 4 is 21.5 Å². The fourth-order valence-electron chi connectivity index (χ4n) is 3.22. The highest BCUT2D eigenvalue weighted by Gasteiger charge is 2.18. The molecule has 0 heterocycles. The Bertz CT molecular complexity index is 773. The summed E-state index contributed by atoms with van der Waals surface area (Å²) in [5.41, 5.74) is 2.45. The Hall–Kier alpha value is -1.86. The Labute approximate surface area is 112 Å². The highest BCUT2D eigenvalue weighted by molar-refractivity contribution is 5.98. The van der Waals surface area contributed by atoms with Crippen LogP contribution in [0.25, 0.3) is 21.5 Å². The van der Waals surface area contributed by atoms with Crippen LogP contribution in [-0.4, -0.2) is 5.11 Å². The summed E-state index contributed by atoms with van der Waals surface area (Å²) < 4.78 is 0. The van der Waals surface area contributed by atoms with Gasteiger partial charge in [0.1, 0.15) is 0 Å². The maximum Gasteiger partial charge on any atom is 0.0793 e. The number of rotatable bonds is 0. The van der Waals surface area contributed by atoms with Crippen molar-refractivity contribution in [1.82, 2.24) is 0 Å². The van der Waals surface area contributed by atoms with Crippen molar-refractivity contribution in [3.05, 3.63) is 59.7 Å². The van der Waals surface area contributed by atoms with Crippen LogP contribution >= 0.6 is 0 Å². The molecule has 0 saturated carbocycles. The molecule has 0 fully saturated rings. The van der Waals surface area contributed by atoms with Gasteiger partial charge in [0.25, 0.3) is 0 Å². The molecule has 3 aromatic rings. The molecular weight excluding hydrogens is 232 g/mol. The number of hydrogen-bond acceptors (Lipinski definition) is 1. The van der Waals surface area contributed by atoms with Crippen molar-refractivity contribution in [2.45, 2.75) is 25.4 Å². The molecular formula is C18H16O. The van der Waals surface area contributed by atoms with Crippen molar-refractivity contribution in [2.75, 3.05) is 0 Å². The molecule has 1 unspecified atom stereocenters. The molecule has 0 radical (unpaired) electrons. The number of benzene rings is 3. The zero-order valence-corrected chi connectivity index (χ0v) is 10.8. The van der Waals surface area contributed by atoms with E-state index in [1.165, 1.54) is 27.1 Å². The quantitative estimate of drug-likeness (QED) is 0.586. The smallest absolute Gasteiger partial charge is 0.0793 e. The Kier molecular flexibility index (Phi) is 2.36. The van der Waals surface area contributed by atoms with Crippen LogP contribution < -0.4 is 0 Å². The molecule has 1 N–H and O–H groups in total. The van der Waals surface area contributed by atoms with Crippen LogP contribution in [-0.2, 0) is 6.42 Å².